The van der Waals surface area contributed by atoms with Crippen LogP contribution in [0, 0.1) is 5.41 Å². The molecule has 0 bridgehead atoms. The SMILES string of the molecule is O=C(N1CCC(c2c[nH]c3ccccc23)CC1)C1(C(F)(F)F)CCN(Cc2ccccc2)C1. The second-order valence-corrected chi connectivity index (χ2v) is 9.38. The van der Waals surface area contributed by atoms with E-state index in [9.17, 15) is 18.0 Å². The molecular formula is C26H28F3N3O. The zero-order valence-electron chi connectivity index (χ0n) is 18.4. The summed E-state index contributed by atoms with van der Waals surface area (Å²) in [5.74, 6) is -0.506. The fraction of sp³-hybridized carbons (Fsp3) is 0.423. The number of hydrogen-bond donors (Lipinski definition) is 1. The van der Waals surface area contributed by atoms with E-state index in [1.807, 2.05) is 54.7 Å². The number of alkyl halides is 3. The van der Waals surface area contributed by atoms with E-state index in [1.54, 1.807) is 4.90 Å². The quantitative estimate of drug-likeness (QED) is 0.578. The highest BCUT2D eigenvalue weighted by atomic mass is 19.4. The van der Waals surface area contributed by atoms with Crippen LogP contribution in [0.4, 0.5) is 13.2 Å². The van der Waals surface area contributed by atoms with E-state index in [-0.39, 0.29) is 25.4 Å². The van der Waals surface area contributed by atoms with Crippen LogP contribution in [0.5, 0.6) is 0 Å². The van der Waals surface area contributed by atoms with E-state index in [4.69, 9.17) is 0 Å². The summed E-state index contributed by atoms with van der Waals surface area (Å²) in [7, 11) is 0. The summed E-state index contributed by atoms with van der Waals surface area (Å²) in [6, 6.07) is 17.5. The van der Waals surface area contributed by atoms with Crippen molar-refractivity contribution in [3.63, 3.8) is 0 Å². The van der Waals surface area contributed by atoms with Gasteiger partial charge < -0.3 is 9.88 Å². The van der Waals surface area contributed by atoms with Gasteiger partial charge in [0.1, 0.15) is 0 Å². The zero-order valence-corrected chi connectivity index (χ0v) is 18.4. The lowest BCUT2D eigenvalue weighted by molar-refractivity contribution is -0.224. The maximum atomic E-state index is 14.3. The third kappa shape index (κ3) is 4.03. The third-order valence-corrected chi connectivity index (χ3v) is 7.39. The van der Waals surface area contributed by atoms with E-state index in [2.05, 4.69) is 11.1 Å². The molecule has 3 aromatic rings. The second kappa shape index (κ2) is 8.52. The summed E-state index contributed by atoms with van der Waals surface area (Å²) in [5.41, 5.74) is 0.905. The highest BCUT2D eigenvalue weighted by molar-refractivity contribution is 5.85. The monoisotopic (exact) mass is 455 g/mol. The van der Waals surface area contributed by atoms with Gasteiger partial charge in [0.2, 0.25) is 5.91 Å². The van der Waals surface area contributed by atoms with Crippen molar-refractivity contribution < 1.29 is 18.0 Å². The number of carbonyl (C=O) groups excluding carboxylic acids is 1. The largest absolute Gasteiger partial charge is 0.404 e. The molecule has 33 heavy (non-hydrogen) atoms. The molecule has 1 aromatic heterocycles. The first kappa shape index (κ1) is 22.0. The fourth-order valence-corrected chi connectivity index (χ4v) is 5.52. The molecule has 2 fully saturated rings. The van der Waals surface area contributed by atoms with Crippen LogP contribution >= 0.6 is 0 Å². The Hall–Kier alpha value is -2.80. The number of halogens is 3. The number of rotatable bonds is 4. The molecule has 4 nitrogen and oxygen atoms in total. The molecular weight excluding hydrogens is 427 g/mol. The molecule has 1 N–H and O–H groups in total. The van der Waals surface area contributed by atoms with E-state index in [0.717, 1.165) is 16.5 Å². The predicted octanol–water partition coefficient (Wildman–Crippen LogP) is 5.33. The predicted molar refractivity (Wildman–Crippen MR) is 122 cm³/mol. The Bertz CT molecular complexity index is 1120. The fourth-order valence-electron chi connectivity index (χ4n) is 5.52. The first-order valence-electron chi connectivity index (χ1n) is 11.6. The Labute approximate surface area is 191 Å². The van der Waals surface area contributed by atoms with Crippen LogP contribution in [0.3, 0.4) is 0 Å². The number of nitrogens with zero attached hydrogens (tertiary/aromatic N) is 2. The van der Waals surface area contributed by atoms with E-state index < -0.39 is 17.5 Å². The van der Waals surface area contributed by atoms with Gasteiger partial charge in [0, 0.05) is 43.3 Å². The summed E-state index contributed by atoms with van der Waals surface area (Å²) < 4.78 is 43.0. The number of nitrogens with one attached hydrogen (secondary N) is 1. The maximum Gasteiger partial charge on any atom is 0.404 e. The van der Waals surface area contributed by atoms with Crippen molar-refractivity contribution >= 4 is 16.8 Å². The number of para-hydroxylation sites is 1. The molecule has 1 amide bonds. The molecule has 0 radical (unpaired) electrons. The Kier molecular flexibility index (Phi) is 5.69. The summed E-state index contributed by atoms with van der Waals surface area (Å²) in [6.45, 7) is 1.15. The lowest BCUT2D eigenvalue weighted by atomic mass is 9.82. The van der Waals surface area contributed by atoms with E-state index in [0.29, 0.717) is 32.5 Å². The van der Waals surface area contributed by atoms with E-state index >= 15 is 0 Å². The minimum absolute atomic E-state index is 0.176. The molecule has 1 atom stereocenters. The van der Waals surface area contributed by atoms with Crippen molar-refractivity contribution in [2.24, 2.45) is 5.41 Å². The zero-order chi connectivity index (χ0) is 23.1. The molecule has 174 valence electrons. The number of aromatic amines is 1. The van der Waals surface area contributed by atoms with Crippen LogP contribution in [0.15, 0.2) is 60.8 Å². The van der Waals surface area contributed by atoms with Crippen molar-refractivity contribution in [1.29, 1.82) is 0 Å². The minimum atomic E-state index is -4.57. The number of carbonyl (C=O) groups is 1. The molecule has 5 rings (SSSR count). The molecule has 3 heterocycles. The standard InChI is InChI=1S/C26H28F3N3O/c27-26(28,29)25(12-15-31(18-25)17-19-6-2-1-3-7-19)24(33)32-13-10-20(11-14-32)22-16-30-23-9-5-4-8-21(22)23/h1-9,16,20,30H,10-15,17-18H2. The molecule has 1 unspecified atom stereocenters. The van der Waals surface area contributed by atoms with Crippen molar-refractivity contribution in [2.45, 2.75) is 37.9 Å². The van der Waals surface area contributed by atoms with Gasteiger partial charge in [-0.2, -0.15) is 13.2 Å². The van der Waals surface area contributed by atoms with Gasteiger partial charge in [-0.25, -0.2) is 0 Å². The molecule has 0 saturated carbocycles. The van der Waals surface area contributed by atoms with Crippen LogP contribution in [0.2, 0.25) is 0 Å². The topological polar surface area (TPSA) is 39.3 Å². The van der Waals surface area contributed by atoms with Crippen molar-refractivity contribution in [1.82, 2.24) is 14.8 Å². The average Bonchev–Trinajstić information content (AvgIpc) is 3.45. The number of benzene rings is 2. The highest BCUT2D eigenvalue weighted by Crippen LogP contribution is 2.48. The number of piperidine rings is 1. The maximum absolute atomic E-state index is 14.3. The van der Waals surface area contributed by atoms with E-state index in [1.165, 1.54) is 10.5 Å². The molecule has 0 aliphatic carbocycles. The minimum Gasteiger partial charge on any atom is -0.361 e. The molecule has 2 aliphatic heterocycles. The van der Waals surface area contributed by atoms with Gasteiger partial charge in [0.15, 0.2) is 5.41 Å². The van der Waals surface area contributed by atoms with Gasteiger partial charge in [-0.1, -0.05) is 48.5 Å². The van der Waals surface area contributed by atoms with Crippen molar-refractivity contribution in [2.75, 3.05) is 26.2 Å². The average molecular weight is 456 g/mol. The van der Waals surface area contributed by atoms with Gasteiger partial charge in [-0.15, -0.1) is 0 Å². The van der Waals surface area contributed by atoms with Crippen LogP contribution in [-0.4, -0.2) is 53.0 Å². The first-order valence-corrected chi connectivity index (χ1v) is 11.6. The Balaban J connectivity index is 1.29. The summed E-state index contributed by atoms with van der Waals surface area (Å²) in [4.78, 5) is 19.9. The van der Waals surface area contributed by atoms with Crippen molar-refractivity contribution in [3.8, 4) is 0 Å². The summed E-state index contributed by atoms with van der Waals surface area (Å²) in [5, 5.41) is 1.15. The highest BCUT2D eigenvalue weighted by Gasteiger charge is 2.64. The Morgan fingerprint density at radius 3 is 2.42 bits per heavy atom. The number of hydrogen-bond acceptors (Lipinski definition) is 2. The number of H-pyrrole nitrogens is 1. The lowest BCUT2D eigenvalue weighted by Crippen LogP contribution is -2.55. The van der Waals surface area contributed by atoms with Gasteiger partial charge in [-0.3, -0.25) is 9.69 Å². The Morgan fingerprint density at radius 1 is 1.00 bits per heavy atom. The van der Waals surface area contributed by atoms with Crippen LogP contribution in [0.25, 0.3) is 10.9 Å². The lowest BCUT2D eigenvalue weighted by Gasteiger charge is -2.39. The third-order valence-electron chi connectivity index (χ3n) is 7.39. The molecule has 0 spiro atoms. The number of likely N-dealkylation sites (tertiary alicyclic amines) is 2. The smallest absolute Gasteiger partial charge is 0.361 e. The van der Waals surface area contributed by atoms with Gasteiger partial charge in [0.05, 0.1) is 0 Å². The van der Waals surface area contributed by atoms with Gasteiger partial charge >= 0.3 is 6.18 Å². The number of amides is 1. The molecule has 7 heteroatoms. The second-order valence-electron chi connectivity index (χ2n) is 9.38. The summed E-state index contributed by atoms with van der Waals surface area (Å²) >= 11 is 0. The first-order chi connectivity index (χ1) is 15.9. The van der Waals surface area contributed by atoms with Gasteiger partial charge in [0.25, 0.3) is 0 Å². The summed E-state index contributed by atoms with van der Waals surface area (Å²) in [6.07, 6.45) is -1.39. The van der Waals surface area contributed by atoms with Crippen LogP contribution in [-0.2, 0) is 11.3 Å². The van der Waals surface area contributed by atoms with Crippen LogP contribution < -0.4 is 0 Å². The van der Waals surface area contributed by atoms with Crippen molar-refractivity contribution in [3.05, 3.63) is 71.9 Å². The Morgan fingerprint density at radius 2 is 1.70 bits per heavy atom. The number of aromatic nitrogens is 1. The number of fused-ring (bicyclic) bond motifs is 1. The van der Waals surface area contributed by atoms with Gasteiger partial charge in [-0.05, 0) is 48.9 Å². The molecule has 2 saturated heterocycles. The molecule has 2 aliphatic rings. The normalized spacial score (nSPS) is 22.8. The molecule has 2 aromatic carbocycles. The van der Waals surface area contributed by atoms with Crippen LogP contribution in [0.1, 0.15) is 36.3 Å².